The maximum atomic E-state index is 8.78. The second kappa shape index (κ2) is 5.55. The molecule has 5 heteroatoms. The summed E-state index contributed by atoms with van der Waals surface area (Å²) in [7, 11) is 0. The Morgan fingerprint density at radius 2 is 1.94 bits per heavy atom. The van der Waals surface area contributed by atoms with Crippen molar-refractivity contribution in [1.29, 1.82) is 0 Å². The van der Waals surface area contributed by atoms with Crippen LogP contribution in [-0.4, -0.2) is 21.2 Å². The molecule has 1 amide bonds. The smallest absolute Gasteiger partial charge is 0.402 e. The van der Waals surface area contributed by atoms with Gasteiger partial charge in [0, 0.05) is 17.5 Å². The standard InChI is InChI=1S/C10H10N2.CH3NO2/c1-8-7-11-10(12-8)9-5-3-2-4-6-9;2-1(3)4/h2-7H,1H3,(H,11,12);2H2,(H,3,4). The SMILES string of the molecule is Cc1cnc(-c2ccccc2)[nH]1.NC(=O)O. The van der Waals surface area contributed by atoms with Gasteiger partial charge in [-0.05, 0) is 6.92 Å². The summed E-state index contributed by atoms with van der Waals surface area (Å²) in [5.41, 5.74) is 6.25. The largest absolute Gasteiger partial charge is 0.465 e. The van der Waals surface area contributed by atoms with E-state index in [-0.39, 0.29) is 0 Å². The average molecular weight is 219 g/mol. The summed E-state index contributed by atoms with van der Waals surface area (Å²) in [6.45, 7) is 2.00. The normalized spacial score (nSPS) is 9.06. The van der Waals surface area contributed by atoms with Crippen LogP contribution in [0.15, 0.2) is 36.5 Å². The molecule has 84 valence electrons. The lowest BCUT2D eigenvalue weighted by molar-refractivity contribution is 0.205. The van der Waals surface area contributed by atoms with E-state index < -0.39 is 6.09 Å². The molecular formula is C11H13N3O2. The van der Waals surface area contributed by atoms with Crippen molar-refractivity contribution < 1.29 is 9.90 Å². The molecular weight excluding hydrogens is 206 g/mol. The van der Waals surface area contributed by atoms with Crippen molar-refractivity contribution in [1.82, 2.24) is 9.97 Å². The number of hydrogen-bond acceptors (Lipinski definition) is 2. The summed E-state index contributed by atoms with van der Waals surface area (Å²) in [4.78, 5) is 16.2. The van der Waals surface area contributed by atoms with E-state index in [2.05, 4.69) is 15.7 Å². The average Bonchev–Trinajstić information content (AvgIpc) is 2.65. The van der Waals surface area contributed by atoms with Crippen molar-refractivity contribution in [2.75, 3.05) is 0 Å². The number of aryl methyl sites for hydroxylation is 1. The van der Waals surface area contributed by atoms with Crippen LogP contribution in [0.25, 0.3) is 11.4 Å². The minimum absolute atomic E-state index is 0.938. The fraction of sp³-hybridized carbons (Fsp3) is 0.0909. The number of nitrogens with one attached hydrogen (secondary N) is 1. The van der Waals surface area contributed by atoms with Crippen LogP contribution in [0.1, 0.15) is 5.69 Å². The number of benzene rings is 1. The van der Waals surface area contributed by atoms with E-state index in [1.165, 1.54) is 0 Å². The van der Waals surface area contributed by atoms with Gasteiger partial charge in [0.05, 0.1) is 0 Å². The van der Waals surface area contributed by atoms with Gasteiger partial charge in [0.15, 0.2) is 0 Å². The number of primary amides is 1. The van der Waals surface area contributed by atoms with Gasteiger partial charge in [-0.15, -0.1) is 0 Å². The monoisotopic (exact) mass is 219 g/mol. The quantitative estimate of drug-likeness (QED) is 0.685. The molecule has 4 N–H and O–H groups in total. The predicted octanol–water partition coefficient (Wildman–Crippen LogP) is 2.01. The first kappa shape index (κ1) is 11.8. The first-order valence-electron chi connectivity index (χ1n) is 4.65. The van der Waals surface area contributed by atoms with Gasteiger partial charge in [-0.25, -0.2) is 9.78 Å². The molecule has 1 aromatic carbocycles. The number of aromatic amines is 1. The Morgan fingerprint density at radius 3 is 2.38 bits per heavy atom. The second-order valence-electron chi connectivity index (χ2n) is 3.12. The topological polar surface area (TPSA) is 92.0 Å². The molecule has 1 aromatic heterocycles. The number of H-pyrrole nitrogens is 1. The predicted molar refractivity (Wildman–Crippen MR) is 61.0 cm³/mol. The maximum absolute atomic E-state index is 8.78. The van der Waals surface area contributed by atoms with Crippen molar-refractivity contribution in [3.8, 4) is 11.4 Å². The van der Waals surface area contributed by atoms with E-state index in [1.54, 1.807) is 0 Å². The Balaban J connectivity index is 0.000000280. The van der Waals surface area contributed by atoms with E-state index in [1.807, 2.05) is 43.5 Å². The molecule has 2 rings (SSSR count). The number of amides is 1. The Morgan fingerprint density at radius 1 is 1.38 bits per heavy atom. The second-order valence-corrected chi connectivity index (χ2v) is 3.12. The minimum Gasteiger partial charge on any atom is -0.465 e. The Kier molecular flexibility index (Phi) is 4.08. The minimum atomic E-state index is -1.33. The Bertz CT molecular complexity index is 447. The lowest BCUT2D eigenvalue weighted by Crippen LogP contribution is -2.03. The van der Waals surface area contributed by atoms with Crippen LogP contribution in [-0.2, 0) is 0 Å². The van der Waals surface area contributed by atoms with Gasteiger partial charge in [-0.2, -0.15) is 0 Å². The van der Waals surface area contributed by atoms with Crippen LogP contribution in [0.3, 0.4) is 0 Å². The Hall–Kier alpha value is -2.30. The molecule has 0 aliphatic heterocycles. The highest BCUT2D eigenvalue weighted by molar-refractivity contribution is 5.61. The number of nitrogens with zero attached hydrogens (tertiary/aromatic N) is 1. The number of carbonyl (C=O) groups is 1. The zero-order valence-electron chi connectivity index (χ0n) is 8.84. The molecule has 0 saturated carbocycles. The summed E-state index contributed by atoms with van der Waals surface area (Å²) < 4.78 is 0. The first-order valence-corrected chi connectivity index (χ1v) is 4.65. The van der Waals surface area contributed by atoms with Gasteiger partial charge < -0.3 is 15.8 Å². The number of aromatic nitrogens is 2. The molecule has 0 aliphatic rings. The highest BCUT2D eigenvalue weighted by Crippen LogP contribution is 2.13. The molecule has 0 fully saturated rings. The Labute approximate surface area is 92.9 Å². The third-order valence-electron chi connectivity index (χ3n) is 1.75. The lowest BCUT2D eigenvalue weighted by Gasteiger charge is -1.93. The summed E-state index contributed by atoms with van der Waals surface area (Å²) in [6.07, 6.45) is 0.502. The summed E-state index contributed by atoms with van der Waals surface area (Å²) >= 11 is 0. The highest BCUT2D eigenvalue weighted by Gasteiger charge is 1.98. The molecule has 16 heavy (non-hydrogen) atoms. The molecule has 0 radical (unpaired) electrons. The molecule has 0 atom stereocenters. The molecule has 0 bridgehead atoms. The third-order valence-corrected chi connectivity index (χ3v) is 1.75. The molecule has 0 aliphatic carbocycles. The maximum Gasteiger partial charge on any atom is 0.402 e. The lowest BCUT2D eigenvalue weighted by atomic mass is 10.2. The summed E-state index contributed by atoms with van der Waals surface area (Å²) in [5, 5.41) is 7.19. The van der Waals surface area contributed by atoms with Crippen LogP contribution >= 0.6 is 0 Å². The van der Waals surface area contributed by atoms with Crippen molar-refractivity contribution >= 4 is 6.09 Å². The summed E-state index contributed by atoms with van der Waals surface area (Å²) in [6, 6.07) is 10.1. The van der Waals surface area contributed by atoms with Crippen LogP contribution in [0.2, 0.25) is 0 Å². The number of imidazole rings is 1. The van der Waals surface area contributed by atoms with E-state index in [9.17, 15) is 0 Å². The van der Waals surface area contributed by atoms with Gasteiger partial charge in [-0.1, -0.05) is 30.3 Å². The third kappa shape index (κ3) is 3.83. The van der Waals surface area contributed by atoms with Gasteiger partial charge in [0.25, 0.3) is 0 Å². The fourth-order valence-corrected chi connectivity index (χ4v) is 1.16. The molecule has 0 spiro atoms. The van der Waals surface area contributed by atoms with Crippen molar-refractivity contribution in [3.63, 3.8) is 0 Å². The van der Waals surface area contributed by atoms with Crippen LogP contribution < -0.4 is 5.73 Å². The van der Waals surface area contributed by atoms with Crippen LogP contribution in [0.5, 0.6) is 0 Å². The van der Waals surface area contributed by atoms with Gasteiger partial charge in [-0.3, -0.25) is 0 Å². The molecule has 1 heterocycles. The fourth-order valence-electron chi connectivity index (χ4n) is 1.16. The van der Waals surface area contributed by atoms with E-state index in [4.69, 9.17) is 9.90 Å². The van der Waals surface area contributed by atoms with Crippen LogP contribution in [0, 0.1) is 6.92 Å². The van der Waals surface area contributed by atoms with E-state index in [0.29, 0.717) is 0 Å². The molecule has 0 unspecified atom stereocenters. The number of carboxylic acid groups (broad SMARTS) is 1. The molecule has 0 saturated heterocycles. The summed E-state index contributed by atoms with van der Waals surface area (Å²) in [5.74, 6) is 0.938. The van der Waals surface area contributed by atoms with Crippen LogP contribution in [0.4, 0.5) is 4.79 Å². The van der Waals surface area contributed by atoms with Gasteiger partial charge in [0.2, 0.25) is 0 Å². The van der Waals surface area contributed by atoms with E-state index >= 15 is 0 Å². The zero-order chi connectivity index (χ0) is 12.0. The zero-order valence-corrected chi connectivity index (χ0v) is 8.84. The highest BCUT2D eigenvalue weighted by atomic mass is 16.4. The molecule has 5 nitrogen and oxygen atoms in total. The van der Waals surface area contributed by atoms with Crippen molar-refractivity contribution in [2.45, 2.75) is 6.92 Å². The van der Waals surface area contributed by atoms with Gasteiger partial charge >= 0.3 is 6.09 Å². The van der Waals surface area contributed by atoms with Crippen molar-refractivity contribution in [3.05, 3.63) is 42.2 Å². The van der Waals surface area contributed by atoms with Crippen molar-refractivity contribution in [2.24, 2.45) is 5.73 Å². The number of rotatable bonds is 1. The molecule has 2 aromatic rings. The van der Waals surface area contributed by atoms with E-state index in [0.717, 1.165) is 17.1 Å². The first-order chi connectivity index (χ1) is 7.59. The number of hydrogen-bond donors (Lipinski definition) is 3. The number of nitrogens with two attached hydrogens (primary N) is 1. The van der Waals surface area contributed by atoms with Gasteiger partial charge in [0.1, 0.15) is 5.82 Å².